The highest BCUT2D eigenvalue weighted by Gasteiger charge is 2.35. The monoisotopic (exact) mass is 376 g/mol. The molecule has 6 heteroatoms. The van der Waals surface area contributed by atoms with E-state index >= 15 is 0 Å². The predicted octanol–water partition coefficient (Wildman–Crippen LogP) is 3.81. The standard InChI is InChI=1S/C21H32N2O4/c1-7-27-20(26)18-13(2)17(14(3)22-18)16(24)12-23(21(4,5)6)19(25)15-10-8-9-11-15/h15,22H,7-12H2,1-6H3. The molecule has 1 N–H and O–H groups in total. The van der Waals surface area contributed by atoms with Gasteiger partial charge in [0.15, 0.2) is 5.78 Å². The molecule has 0 spiro atoms. The van der Waals surface area contributed by atoms with E-state index in [1.54, 1.807) is 25.7 Å². The van der Waals surface area contributed by atoms with Crippen LogP contribution < -0.4 is 0 Å². The van der Waals surface area contributed by atoms with Crippen LogP contribution in [-0.4, -0.2) is 46.2 Å². The van der Waals surface area contributed by atoms with Crippen molar-refractivity contribution in [3.63, 3.8) is 0 Å². The normalized spacial score (nSPS) is 15.0. The molecule has 0 unspecified atom stereocenters. The van der Waals surface area contributed by atoms with E-state index in [1.807, 2.05) is 20.8 Å². The van der Waals surface area contributed by atoms with Gasteiger partial charge in [-0.1, -0.05) is 12.8 Å². The molecule has 150 valence electrons. The summed E-state index contributed by atoms with van der Waals surface area (Å²) >= 11 is 0. The van der Waals surface area contributed by atoms with Gasteiger partial charge in [0.1, 0.15) is 5.69 Å². The van der Waals surface area contributed by atoms with Crippen molar-refractivity contribution >= 4 is 17.7 Å². The van der Waals surface area contributed by atoms with Crippen LogP contribution in [0.1, 0.15) is 85.5 Å². The minimum atomic E-state index is -0.466. The van der Waals surface area contributed by atoms with Crippen LogP contribution in [0.4, 0.5) is 0 Å². The minimum absolute atomic E-state index is 0.0144. The topological polar surface area (TPSA) is 79.5 Å². The van der Waals surface area contributed by atoms with Gasteiger partial charge in [-0.15, -0.1) is 0 Å². The number of nitrogens with one attached hydrogen (secondary N) is 1. The first-order valence-electron chi connectivity index (χ1n) is 9.78. The van der Waals surface area contributed by atoms with E-state index < -0.39 is 11.5 Å². The number of hydrogen-bond donors (Lipinski definition) is 1. The third-order valence-corrected chi connectivity index (χ3v) is 5.28. The van der Waals surface area contributed by atoms with E-state index in [0.717, 1.165) is 25.7 Å². The fraction of sp³-hybridized carbons (Fsp3) is 0.667. The van der Waals surface area contributed by atoms with Gasteiger partial charge in [-0.3, -0.25) is 9.59 Å². The Morgan fingerprint density at radius 2 is 1.74 bits per heavy atom. The van der Waals surface area contributed by atoms with E-state index in [0.29, 0.717) is 22.5 Å². The zero-order valence-electron chi connectivity index (χ0n) is 17.4. The lowest BCUT2D eigenvalue weighted by Gasteiger charge is -2.37. The number of ketones is 1. The number of esters is 1. The van der Waals surface area contributed by atoms with Crippen molar-refractivity contribution in [3.8, 4) is 0 Å². The van der Waals surface area contributed by atoms with Crippen molar-refractivity contribution in [1.82, 2.24) is 9.88 Å². The Bertz CT molecular complexity index is 721. The van der Waals surface area contributed by atoms with E-state index in [1.165, 1.54) is 0 Å². The quantitative estimate of drug-likeness (QED) is 0.605. The Morgan fingerprint density at radius 3 is 2.26 bits per heavy atom. The molecule has 1 aromatic heterocycles. The van der Waals surface area contributed by atoms with Gasteiger partial charge in [0.2, 0.25) is 5.91 Å². The molecule has 0 radical (unpaired) electrons. The molecule has 0 aliphatic heterocycles. The number of hydrogen-bond acceptors (Lipinski definition) is 4. The van der Waals surface area contributed by atoms with Crippen LogP contribution in [0, 0.1) is 19.8 Å². The third-order valence-electron chi connectivity index (χ3n) is 5.28. The van der Waals surface area contributed by atoms with Crippen molar-refractivity contribution in [2.75, 3.05) is 13.2 Å². The Labute approximate surface area is 161 Å². The zero-order valence-corrected chi connectivity index (χ0v) is 17.4. The van der Waals surface area contributed by atoms with E-state index in [2.05, 4.69) is 4.98 Å². The van der Waals surface area contributed by atoms with Gasteiger partial charge < -0.3 is 14.6 Å². The molecular weight excluding hydrogens is 344 g/mol. The SMILES string of the molecule is CCOC(=O)c1[nH]c(C)c(C(=O)CN(C(=O)C2CCCC2)C(C)(C)C)c1C. The molecule has 1 aromatic rings. The molecule has 0 atom stereocenters. The summed E-state index contributed by atoms with van der Waals surface area (Å²) in [5, 5.41) is 0. The molecule has 6 nitrogen and oxygen atoms in total. The molecule has 2 rings (SSSR count). The van der Waals surface area contributed by atoms with Crippen molar-refractivity contribution < 1.29 is 19.1 Å². The molecule has 1 amide bonds. The lowest BCUT2D eigenvalue weighted by atomic mass is 9.97. The van der Waals surface area contributed by atoms with Gasteiger partial charge >= 0.3 is 5.97 Å². The average molecular weight is 376 g/mol. The number of carbonyl (C=O) groups excluding carboxylic acids is 3. The molecule has 1 aliphatic rings. The molecule has 0 aromatic carbocycles. The summed E-state index contributed by atoms with van der Waals surface area (Å²) in [6.45, 7) is 11.4. The zero-order chi connectivity index (χ0) is 20.4. The number of Topliss-reactive ketones (excluding diaryl/α,β-unsaturated/α-hetero) is 1. The maximum atomic E-state index is 13.1. The molecule has 0 saturated heterocycles. The second-order valence-electron chi connectivity index (χ2n) is 8.35. The first-order valence-corrected chi connectivity index (χ1v) is 9.78. The maximum absolute atomic E-state index is 13.1. The summed E-state index contributed by atoms with van der Waals surface area (Å²) in [6, 6.07) is 0. The van der Waals surface area contributed by atoms with Crippen LogP contribution in [0.5, 0.6) is 0 Å². The number of carbonyl (C=O) groups is 3. The van der Waals surface area contributed by atoms with Crippen LogP contribution in [0.25, 0.3) is 0 Å². The van der Waals surface area contributed by atoms with Gasteiger partial charge in [-0.05, 0) is 59.9 Å². The summed E-state index contributed by atoms with van der Waals surface area (Å²) in [6.07, 6.45) is 3.94. The van der Waals surface area contributed by atoms with Gasteiger partial charge in [0, 0.05) is 22.7 Å². The fourth-order valence-corrected chi connectivity index (χ4v) is 3.84. The molecule has 1 fully saturated rings. The maximum Gasteiger partial charge on any atom is 0.355 e. The van der Waals surface area contributed by atoms with Crippen molar-refractivity contribution in [1.29, 1.82) is 0 Å². The number of aromatic nitrogens is 1. The van der Waals surface area contributed by atoms with Crippen LogP contribution in [0.3, 0.4) is 0 Å². The number of nitrogens with zero attached hydrogens (tertiary/aromatic N) is 1. The Morgan fingerprint density at radius 1 is 1.15 bits per heavy atom. The predicted molar refractivity (Wildman–Crippen MR) is 104 cm³/mol. The number of ether oxygens (including phenoxy) is 1. The van der Waals surface area contributed by atoms with Crippen molar-refractivity contribution in [2.45, 2.75) is 72.8 Å². The molecule has 27 heavy (non-hydrogen) atoms. The highest BCUT2D eigenvalue weighted by atomic mass is 16.5. The third kappa shape index (κ3) is 4.60. The van der Waals surface area contributed by atoms with Crippen molar-refractivity contribution in [2.24, 2.45) is 5.92 Å². The molecule has 0 bridgehead atoms. The number of aromatic amines is 1. The molecule has 1 aliphatic carbocycles. The summed E-state index contributed by atoms with van der Waals surface area (Å²) in [5.74, 6) is -0.546. The van der Waals surface area contributed by atoms with Crippen molar-refractivity contribution in [3.05, 3.63) is 22.5 Å². The number of rotatable bonds is 6. The summed E-state index contributed by atoms with van der Waals surface area (Å²) in [7, 11) is 0. The van der Waals surface area contributed by atoms with Gasteiger partial charge in [0.25, 0.3) is 0 Å². The number of amides is 1. The lowest BCUT2D eigenvalue weighted by Crippen LogP contribution is -2.50. The molecule has 1 heterocycles. The summed E-state index contributed by atoms with van der Waals surface area (Å²) in [4.78, 5) is 42.9. The summed E-state index contributed by atoms with van der Waals surface area (Å²) in [5.41, 5.74) is 1.55. The van der Waals surface area contributed by atoms with Crippen LogP contribution in [0.2, 0.25) is 0 Å². The van der Waals surface area contributed by atoms with Gasteiger partial charge in [-0.25, -0.2) is 4.79 Å². The van der Waals surface area contributed by atoms with Crippen LogP contribution in [0.15, 0.2) is 0 Å². The second-order valence-corrected chi connectivity index (χ2v) is 8.35. The van der Waals surface area contributed by atoms with E-state index in [-0.39, 0.29) is 30.8 Å². The second kappa shape index (κ2) is 8.28. The smallest absolute Gasteiger partial charge is 0.355 e. The Hall–Kier alpha value is -2.11. The first-order chi connectivity index (χ1) is 12.6. The van der Waals surface area contributed by atoms with E-state index in [9.17, 15) is 14.4 Å². The van der Waals surface area contributed by atoms with Crippen LogP contribution >= 0.6 is 0 Å². The molecular formula is C21H32N2O4. The van der Waals surface area contributed by atoms with E-state index in [4.69, 9.17) is 4.74 Å². The Kier molecular flexibility index (Phi) is 6.50. The fourth-order valence-electron chi connectivity index (χ4n) is 3.84. The van der Waals surface area contributed by atoms with Crippen LogP contribution in [-0.2, 0) is 9.53 Å². The highest BCUT2D eigenvalue weighted by molar-refractivity contribution is 6.04. The molecule has 1 saturated carbocycles. The minimum Gasteiger partial charge on any atom is -0.461 e. The largest absolute Gasteiger partial charge is 0.461 e. The average Bonchev–Trinajstić information content (AvgIpc) is 3.19. The number of aryl methyl sites for hydroxylation is 1. The number of H-pyrrole nitrogens is 1. The van der Waals surface area contributed by atoms with Gasteiger partial charge in [-0.2, -0.15) is 0 Å². The Balaban J connectivity index is 2.27. The first kappa shape index (κ1) is 21.2. The lowest BCUT2D eigenvalue weighted by molar-refractivity contribution is -0.139. The summed E-state index contributed by atoms with van der Waals surface area (Å²) < 4.78 is 5.05. The highest BCUT2D eigenvalue weighted by Crippen LogP contribution is 2.30. The van der Waals surface area contributed by atoms with Gasteiger partial charge in [0.05, 0.1) is 13.2 Å².